The first-order chi connectivity index (χ1) is 14.3. The SMILES string of the molecule is CC1(O)CC[C@H](NC(=O)OCc2ccccc2)[C@H](N(Cc2ccccc2)C(=O)O)C1. The third kappa shape index (κ3) is 5.97. The molecular weight excluding hydrogens is 384 g/mol. The lowest BCUT2D eigenvalue weighted by atomic mass is 9.79. The summed E-state index contributed by atoms with van der Waals surface area (Å²) in [6, 6.07) is 17.6. The zero-order valence-corrected chi connectivity index (χ0v) is 17.0. The Hall–Kier alpha value is -3.06. The number of hydrogen-bond acceptors (Lipinski definition) is 4. The molecule has 2 aromatic carbocycles. The van der Waals surface area contributed by atoms with E-state index in [1.54, 1.807) is 6.92 Å². The molecule has 160 valence electrons. The molecule has 1 saturated carbocycles. The molecule has 0 spiro atoms. The first-order valence-corrected chi connectivity index (χ1v) is 10.1. The normalized spacial score (nSPS) is 23.4. The Labute approximate surface area is 176 Å². The molecule has 1 fully saturated rings. The zero-order valence-electron chi connectivity index (χ0n) is 17.0. The summed E-state index contributed by atoms with van der Waals surface area (Å²) in [5.41, 5.74) is 0.712. The van der Waals surface area contributed by atoms with Crippen molar-refractivity contribution in [2.45, 2.75) is 57.0 Å². The van der Waals surface area contributed by atoms with Crippen molar-refractivity contribution < 1.29 is 24.5 Å². The average molecular weight is 412 g/mol. The van der Waals surface area contributed by atoms with Crippen LogP contribution in [0, 0.1) is 0 Å². The van der Waals surface area contributed by atoms with Gasteiger partial charge in [-0.3, -0.25) is 4.90 Å². The second kappa shape index (κ2) is 9.63. The van der Waals surface area contributed by atoms with Crippen LogP contribution in [0.2, 0.25) is 0 Å². The summed E-state index contributed by atoms with van der Waals surface area (Å²) in [6.07, 6.45) is -0.537. The van der Waals surface area contributed by atoms with Crippen molar-refractivity contribution in [3.05, 3.63) is 71.8 Å². The van der Waals surface area contributed by atoms with E-state index in [1.165, 1.54) is 4.90 Å². The maximum atomic E-state index is 12.4. The van der Waals surface area contributed by atoms with Crippen molar-refractivity contribution in [1.82, 2.24) is 10.2 Å². The molecule has 1 unspecified atom stereocenters. The van der Waals surface area contributed by atoms with Gasteiger partial charge in [-0.2, -0.15) is 0 Å². The highest BCUT2D eigenvalue weighted by molar-refractivity contribution is 5.69. The van der Waals surface area contributed by atoms with Crippen LogP contribution in [0.5, 0.6) is 0 Å². The minimum absolute atomic E-state index is 0.133. The fraction of sp³-hybridized carbons (Fsp3) is 0.391. The van der Waals surface area contributed by atoms with E-state index in [9.17, 15) is 19.8 Å². The molecule has 0 bridgehead atoms. The molecule has 0 aromatic heterocycles. The Bertz CT molecular complexity index is 841. The molecule has 3 atom stereocenters. The van der Waals surface area contributed by atoms with Crippen LogP contribution in [-0.4, -0.2) is 45.0 Å². The quantitative estimate of drug-likeness (QED) is 0.671. The topological polar surface area (TPSA) is 99.1 Å². The Morgan fingerprint density at radius 2 is 1.70 bits per heavy atom. The minimum Gasteiger partial charge on any atom is -0.465 e. The molecule has 0 radical (unpaired) electrons. The van der Waals surface area contributed by atoms with Gasteiger partial charge in [-0.15, -0.1) is 0 Å². The first kappa shape index (κ1) is 21.6. The highest BCUT2D eigenvalue weighted by Gasteiger charge is 2.42. The number of carbonyl (C=O) groups is 2. The van der Waals surface area contributed by atoms with Crippen LogP contribution in [0.1, 0.15) is 37.3 Å². The summed E-state index contributed by atoms with van der Waals surface area (Å²) in [5.74, 6) is 0. The third-order valence-corrected chi connectivity index (χ3v) is 5.47. The molecule has 3 N–H and O–H groups in total. The van der Waals surface area contributed by atoms with Gasteiger partial charge in [0.1, 0.15) is 6.61 Å². The van der Waals surface area contributed by atoms with Crippen LogP contribution < -0.4 is 5.32 Å². The van der Waals surface area contributed by atoms with Gasteiger partial charge in [-0.05, 0) is 37.3 Å². The number of amides is 2. The van der Waals surface area contributed by atoms with Crippen LogP contribution in [0.15, 0.2) is 60.7 Å². The molecule has 0 saturated heterocycles. The van der Waals surface area contributed by atoms with E-state index in [-0.39, 0.29) is 19.6 Å². The maximum Gasteiger partial charge on any atom is 0.407 e. The number of alkyl carbamates (subject to hydrolysis) is 1. The first-order valence-electron chi connectivity index (χ1n) is 10.1. The molecular formula is C23H28N2O5. The van der Waals surface area contributed by atoms with Gasteiger partial charge in [-0.1, -0.05) is 60.7 Å². The van der Waals surface area contributed by atoms with Gasteiger partial charge >= 0.3 is 12.2 Å². The van der Waals surface area contributed by atoms with E-state index in [0.717, 1.165) is 11.1 Å². The van der Waals surface area contributed by atoms with E-state index < -0.39 is 29.9 Å². The van der Waals surface area contributed by atoms with Crippen molar-refractivity contribution in [2.24, 2.45) is 0 Å². The van der Waals surface area contributed by atoms with Crippen LogP contribution in [-0.2, 0) is 17.9 Å². The van der Waals surface area contributed by atoms with Gasteiger partial charge in [-0.25, -0.2) is 9.59 Å². The number of carboxylic acid groups (broad SMARTS) is 1. The van der Waals surface area contributed by atoms with Gasteiger partial charge < -0.3 is 20.3 Å². The number of hydrogen-bond donors (Lipinski definition) is 3. The summed E-state index contributed by atoms with van der Waals surface area (Å²) in [5, 5.41) is 23.3. The van der Waals surface area contributed by atoms with Gasteiger partial charge in [0.25, 0.3) is 0 Å². The number of ether oxygens (including phenoxy) is 1. The van der Waals surface area contributed by atoms with Crippen LogP contribution in [0.25, 0.3) is 0 Å². The lowest BCUT2D eigenvalue weighted by Crippen LogP contribution is -2.58. The molecule has 2 aromatic rings. The van der Waals surface area contributed by atoms with Gasteiger partial charge in [0, 0.05) is 6.54 Å². The summed E-state index contributed by atoms with van der Waals surface area (Å²) in [6.45, 7) is 2.01. The third-order valence-electron chi connectivity index (χ3n) is 5.47. The monoisotopic (exact) mass is 412 g/mol. The van der Waals surface area contributed by atoms with Crippen molar-refractivity contribution >= 4 is 12.2 Å². The molecule has 3 rings (SSSR count). The van der Waals surface area contributed by atoms with Crippen molar-refractivity contribution in [3.63, 3.8) is 0 Å². The Balaban J connectivity index is 1.70. The highest BCUT2D eigenvalue weighted by Crippen LogP contribution is 2.32. The minimum atomic E-state index is -1.09. The summed E-state index contributed by atoms with van der Waals surface area (Å²) in [7, 11) is 0. The number of nitrogens with zero attached hydrogens (tertiary/aromatic N) is 1. The van der Waals surface area contributed by atoms with Gasteiger partial charge in [0.05, 0.1) is 17.7 Å². The predicted octanol–water partition coefficient (Wildman–Crippen LogP) is 3.77. The van der Waals surface area contributed by atoms with Gasteiger partial charge in [0.2, 0.25) is 0 Å². The van der Waals surface area contributed by atoms with Crippen molar-refractivity contribution in [3.8, 4) is 0 Å². The van der Waals surface area contributed by atoms with Crippen LogP contribution in [0.3, 0.4) is 0 Å². The van der Waals surface area contributed by atoms with Gasteiger partial charge in [0.15, 0.2) is 0 Å². The van der Waals surface area contributed by atoms with Crippen molar-refractivity contribution in [2.75, 3.05) is 0 Å². The standard InChI is InChI=1S/C23H28N2O5/c1-23(29)13-12-19(24-21(26)30-16-18-10-6-3-7-11-18)20(14-23)25(22(27)28)15-17-8-4-2-5-9-17/h2-11,19-20,29H,12-16H2,1H3,(H,24,26)(H,27,28)/t19-,20+,23?/m0/s1. The number of benzene rings is 2. The zero-order chi connectivity index (χ0) is 21.6. The summed E-state index contributed by atoms with van der Waals surface area (Å²) in [4.78, 5) is 25.7. The lowest BCUT2D eigenvalue weighted by molar-refractivity contribution is -0.0268. The van der Waals surface area contributed by atoms with E-state index >= 15 is 0 Å². The molecule has 0 aliphatic heterocycles. The number of aliphatic hydroxyl groups is 1. The Morgan fingerprint density at radius 1 is 1.10 bits per heavy atom. The number of carbonyl (C=O) groups excluding carboxylic acids is 1. The van der Waals surface area contributed by atoms with E-state index in [1.807, 2.05) is 60.7 Å². The second-order valence-electron chi connectivity index (χ2n) is 8.02. The lowest BCUT2D eigenvalue weighted by Gasteiger charge is -2.44. The molecule has 1 aliphatic carbocycles. The van der Waals surface area contributed by atoms with Crippen LogP contribution in [0.4, 0.5) is 9.59 Å². The fourth-order valence-electron chi connectivity index (χ4n) is 3.87. The smallest absolute Gasteiger partial charge is 0.407 e. The van der Waals surface area contributed by atoms with Crippen LogP contribution >= 0.6 is 0 Å². The van der Waals surface area contributed by atoms with E-state index in [4.69, 9.17) is 4.74 Å². The molecule has 0 heterocycles. The molecule has 7 heteroatoms. The largest absolute Gasteiger partial charge is 0.465 e. The molecule has 1 aliphatic rings. The summed E-state index contributed by atoms with van der Waals surface area (Å²) < 4.78 is 5.31. The summed E-state index contributed by atoms with van der Waals surface area (Å²) >= 11 is 0. The average Bonchev–Trinajstić information content (AvgIpc) is 2.73. The predicted molar refractivity (Wildman–Crippen MR) is 112 cm³/mol. The molecule has 7 nitrogen and oxygen atoms in total. The maximum absolute atomic E-state index is 12.4. The molecule has 2 amide bonds. The number of rotatable bonds is 6. The Morgan fingerprint density at radius 3 is 2.30 bits per heavy atom. The highest BCUT2D eigenvalue weighted by atomic mass is 16.5. The Kier molecular flexibility index (Phi) is 6.95. The fourth-order valence-corrected chi connectivity index (χ4v) is 3.87. The van der Waals surface area contributed by atoms with Crippen molar-refractivity contribution in [1.29, 1.82) is 0 Å². The molecule has 30 heavy (non-hydrogen) atoms. The van der Waals surface area contributed by atoms with E-state index in [0.29, 0.717) is 12.8 Å². The second-order valence-corrected chi connectivity index (χ2v) is 8.02. The van der Waals surface area contributed by atoms with E-state index in [2.05, 4.69) is 5.32 Å². The number of nitrogens with one attached hydrogen (secondary N) is 1.